The van der Waals surface area contributed by atoms with E-state index in [0.717, 1.165) is 31.7 Å². The second-order valence-corrected chi connectivity index (χ2v) is 4.73. The summed E-state index contributed by atoms with van der Waals surface area (Å²) >= 11 is 0. The number of rotatable bonds is 5. The standard InChI is InChI=1S/C15H21NO/c1-12(2)16-10-4-3-6-13-7-5-8-14-9-11-17-15(13)14/h3,5-8,12,16H,4,9-11H2,1-2H3/b6-3+. The number of ether oxygens (including phenoxy) is 1. The van der Waals surface area contributed by atoms with Crippen molar-refractivity contribution in [3.63, 3.8) is 0 Å². The molecule has 92 valence electrons. The number of hydrogen-bond acceptors (Lipinski definition) is 2. The Kier molecular flexibility index (Phi) is 4.21. The first kappa shape index (κ1) is 12.2. The molecule has 17 heavy (non-hydrogen) atoms. The highest BCUT2D eigenvalue weighted by atomic mass is 16.5. The molecule has 0 saturated heterocycles. The lowest BCUT2D eigenvalue weighted by Crippen LogP contribution is -2.23. The molecule has 0 aromatic heterocycles. The van der Waals surface area contributed by atoms with Crippen molar-refractivity contribution in [3.05, 3.63) is 35.4 Å². The predicted octanol–water partition coefficient (Wildman–Crippen LogP) is 3.02. The number of benzene rings is 1. The largest absolute Gasteiger partial charge is 0.492 e. The second kappa shape index (κ2) is 5.87. The van der Waals surface area contributed by atoms with Crippen molar-refractivity contribution < 1.29 is 4.74 Å². The van der Waals surface area contributed by atoms with Crippen molar-refractivity contribution in [2.45, 2.75) is 32.7 Å². The topological polar surface area (TPSA) is 21.3 Å². The Bertz CT molecular complexity index is 396. The van der Waals surface area contributed by atoms with Gasteiger partial charge in [0.15, 0.2) is 0 Å². The van der Waals surface area contributed by atoms with Crippen LogP contribution in [0.4, 0.5) is 0 Å². The van der Waals surface area contributed by atoms with E-state index in [9.17, 15) is 0 Å². The summed E-state index contributed by atoms with van der Waals surface area (Å²) < 4.78 is 5.66. The van der Waals surface area contributed by atoms with Crippen molar-refractivity contribution >= 4 is 6.08 Å². The van der Waals surface area contributed by atoms with Gasteiger partial charge < -0.3 is 10.1 Å². The van der Waals surface area contributed by atoms with E-state index in [1.165, 1.54) is 11.1 Å². The molecule has 1 aromatic carbocycles. The zero-order valence-corrected chi connectivity index (χ0v) is 10.7. The van der Waals surface area contributed by atoms with Crippen molar-refractivity contribution in [2.75, 3.05) is 13.2 Å². The zero-order chi connectivity index (χ0) is 12.1. The monoisotopic (exact) mass is 231 g/mol. The molecule has 0 aliphatic carbocycles. The number of para-hydroxylation sites is 1. The highest BCUT2D eigenvalue weighted by Gasteiger charge is 2.13. The fourth-order valence-corrected chi connectivity index (χ4v) is 2.04. The molecule has 2 heteroatoms. The number of hydrogen-bond donors (Lipinski definition) is 1. The molecule has 0 fully saturated rings. The molecule has 1 aromatic rings. The Morgan fingerprint density at radius 3 is 3.12 bits per heavy atom. The van der Waals surface area contributed by atoms with Gasteiger partial charge in [0, 0.05) is 18.0 Å². The van der Waals surface area contributed by atoms with Crippen LogP contribution in [0, 0.1) is 0 Å². The van der Waals surface area contributed by atoms with Gasteiger partial charge in [0.25, 0.3) is 0 Å². The van der Waals surface area contributed by atoms with Crippen LogP contribution in [0.1, 0.15) is 31.4 Å². The lowest BCUT2D eigenvalue weighted by molar-refractivity contribution is 0.356. The smallest absolute Gasteiger partial charge is 0.129 e. The molecule has 1 aliphatic rings. The Labute approximate surface area is 104 Å². The van der Waals surface area contributed by atoms with Crippen LogP contribution in [0.5, 0.6) is 5.75 Å². The molecule has 2 nitrogen and oxygen atoms in total. The average molecular weight is 231 g/mol. The summed E-state index contributed by atoms with van der Waals surface area (Å²) in [5, 5.41) is 3.40. The van der Waals surface area contributed by atoms with Crippen molar-refractivity contribution in [1.29, 1.82) is 0 Å². The summed E-state index contributed by atoms with van der Waals surface area (Å²) in [5.41, 5.74) is 2.55. The Morgan fingerprint density at radius 1 is 1.41 bits per heavy atom. The van der Waals surface area contributed by atoms with E-state index in [4.69, 9.17) is 4.74 Å². The molecule has 0 bridgehead atoms. The van der Waals surface area contributed by atoms with E-state index in [1.807, 2.05) is 0 Å². The fraction of sp³-hybridized carbons (Fsp3) is 0.467. The van der Waals surface area contributed by atoms with Crippen LogP contribution in [0.2, 0.25) is 0 Å². The van der Waals surface area contributed by atoms with Gasteiger partial charge in [0.1, 0.15) is 5.75 Å². The minimum absolute atomic E-state index is 0.563. The van der Waals surface area contributed by atoms with Crippen molar-refractivity contribution in [1.82, 2.24) is 5.32 Å². The molecule has 1 aliphatic heterocycles. The molecule has 0 amide bonds. The molecule has 2 rings (SSSR count). The van der Waals surface area contributed by atoms with E-state index in [-0.39, 0.29) is 0 Å². The summed E-state index contributed by atoms with van der Waals surface area (Å²) in [6.07, 6.45) is 6.49. The second-order valence-electron chi connectivity index (χ2n) is 4.73. The molecule has 0 radical (unpaired) electrons. The first-order valence-electron chi connectivity index (χ1n) is 6.42. The molecule has 0 unspecified atom stereocenters. The minimum atomic E-state index is 0.563. The molecule has 0 spiro atoms. The van der Waals surface area contributed by atoms with Gasteiger partial charge in [-0.1, -0.05) is 44.2 Å². The molecular formula is C15H21NO. The van der Waals surface area contributed by atoms with Crippen LogP contribution >= 0.6 is 0 Å². The van der Waals surface area contributed by atoms with E-state index < -0.39 is 0 Å². The highest BCUT2D eigenvalue weighted by molar-refractivity contribution is 5.60. The summed E-state index contributed by atoms with van der Waals surface area (Å²) in [6.45, 7) is 6.20. The highest BCUT2D eigenvalue weighted by Crippen LogP contribution is 2.30. The summed E-state index contributed by atoms with van der Waals surface area (Å²) in [5.74, 6) is 1.08. The summed E-state index contributed by atoms with van der Waals surface area (Å²) in [6, 6.07) is 6.95. The third kappa shape index (κ3) is 3.34. The maximum absolute atomic E-state index is 5.66. The van der Waals surface area contributed by atoms with Crippen LogP contribution in [-0.4, -0.2) is 19.2 Å². The number of nitrogens with one attached hydrogen (secondary N) is 1. The lowest BCUT2D eigenvalue weighted by Gasteiger charge is -2.05. The predicted molar refractivity (Wildman–Crippen MR) is 72.4 cm³/mol. The Hall–Kier alpha value is -1.28. The molecule has 1 N–H and O–H groups in total. The van der Waals surface area contributed by atoms with Gasteiger partial charge in [0.05, 0.1) is 6.61 Å². The third-order valence-electron chi connectivity index (χ3n) is 2.91. The zero-order valence-electron chi connectivity index (χ0n) is 10.7. The summed E-state index contributed by atoms with van der Waals surface area (Å²) in [4.78, 5) is 0. The van der Waals surface area contributed by atoms with Crippen LogP contribution in [0.15, 0.2) is 24.3 Å². The lowest BCUT2D eigenvalue weighted by atomic mass is 10.1. The molecule has 1 heterocycles. The van der Waals surface area contributed by atoms with Gasteiger partial charge in [0.2, 0.25) is 0 Å². The van der Waals surface area contributed by atoms with Gasteiger partial charge in [-0.3, -0.25) is 0 Å². The SMILES string of the molecule is CC(C)NCC/C=C/c1cccc2c1OCC2. The van der Waals surface area contributed by atoms with Crippen molar-refractivity contribution in [2.24, 2.45) is 0 Å². The third-order valence-corrected chi connectivity index (χ3v) is 2.91. The van der Waals surface area contributed by atoms with Gasteiger partial charge in [-0.15, -0.1) is 0 Å². The Balaban J connectivity index is 1.91. The van der Waals surface area contributed by atoms with Gasteiger partial charge >= 0.3 is 0 Å². The quantitative estimate of drug-likeness (QED) is 0.786. The first-order chi connectivity index (χ1) is 8.27. The van der Waals surface area contributed by atoms with E-state index in [0.29, 0.717) is 6.04 Å². The van der Waals surface area contributed by atoms with E-state index in [2.05, 4.69) is 49.5 Å². The normalized spacial score (nSPS) is 14.3. The maximum atomic E-state index is 5.66. The van der Waals surface area contributed by atoms with Crippen LogP contribution in [-0.2, 0) is 6.42 Å². The van der Waals surface area contributed by atoms with Crippen molar-refractivity contribution in [3.8, 4) is 5.75 Å². The first-order valence-corrected chi connectivity index (χ1v) is 6.42. The maximum Gasteiger partial charge on any atom is 0.129 e. The van der Waals surface area contributed by atoms with Gasteiger partial charge in [-0.2, -0.15) is 0 Å². The van der Waals surface area contributed by atoms with E-state index in [1.54, 1.807) is 0 Å². The van der Waals surface area contributed by atoms with E-state index >= 15 is 0 Å². The minimum Gasteiger partial charge on any atom is -0.492 e. The van der Waals surface area contributed by atoms with Gasteiger partial charge in [-0.05, 0) is 18.5 Å². The Morgan fingerprint density at radius 2 is 2.29 bits per heavy atom. The van der Waals surface area contributed by atoms with Crippen LogP contribution in [0.3, 0.4) is 0 Å². The average Bonchev–Trinajstić information content (AvgIpc) is 2.77. The molecular weight excluding hydrogens is 210 g/mol. The van der Waals surface area contributed by atoms with Crippen LogP contribution < -0.4 is 10.1 Å². The summed E-state index contributed by atoms with van der Waals surface area (Å²) in [7, 11) is 0. The molecule has 0 saturated carbocycles. The van der Waals surface area contributed by atoms with Gasteiger partial charge in [-0.25, -0.2) is 0 Å². The fourth-order valence-electron chi connectivity index (χ4n) is 2.04. The number of fused-ring (bicyclic) bond motifs is 1. The van der Waals surface area contributed by atoms with Crippen LogP contribution in [0.25, 0.3) is 6.08 Å². The molecule has 0 atom stereocenters.